The molecular formula is C23H29F2N6O9P. The fourth-order valence-electron chi connectivity index (χ4n) is 4.04. The number of H-pyrrole nitrogens is 1. The Balaban J connectivity index is 1.64. The minimum atomic E-state index is -4.66. The summed E-state index contributed by atoms with van der Waals surface area (Å²) in [6, 6.07) is 6.26. The molecule has 1 unspecified atom stereocenters. The summed E-state index contributed by atoms with van der Waals surface area (Å²) < 4.78 is 65.3. The van der Waals surface area contributed by atoms with Gasteiger partial charge in [-0.15, -0.1) is 0 Å². The first-order chi connectivity index (χ1) is 19.3. The number of nitrogens with two attached hydrogens (primary N) is 1. The van der Waals surface area contributed by atoms with Crippen LogP contribution in [-0.4, -0.2) is 78.7 Å². The van der Waals surface area contributed by atoms with Gasteiger partial charge in [0, 0.05) is 0 Å². The largest absolute Gasteiger partial charge is 0.462 e. The number of nitrogen functional groups attached to an aromatic ring is 1. The minimum absolute atomic E-state index is 0.00317. The van der Waals surface area contributed by atoms with Crippen LogP contribution in [0, 0.1) is 0 Å². The van der Waals surface area contributed by atoms with Gasteiger partial charge in [-0.25, -0.2) is 18.3 Å². The number of benzene rings is 1. The molecule has 1 fully saturated rings. The van der Waals surface area contributed by atoms with E-state index in [2.05, 4.69) is 20.0 Å². The van der Waals surface area contributed by atoms with Crippen molar-refractivity contribution in [2.75, 3.05) is 12.3 Å². The number of hydrogen-bond acceptors (Lipinski definition) is 12. The molecule has 41 heavy (non-hydrogen) atoms. The van der Waals surface area contributed by atoms with E-state index >= 15 is 0 Å². The zero-order valence-corrected chi connectivity index (χ0v) is 22.9. The van der Waals surface area contributed by atoms with Crippen LogP contribution in [0.4, 0.5) is 14.7 Å². The summed E-state index contributed by atoms with van der Waals surface area (Å²) in [6.07, 6.45) is -9.11. The molecule has 224 valence electrons. The van der Waals surface area contributed by atoms with E-state index in [-0.39, 0.29) is 22.9 Å². The SMILES string of the molecule is CC(C)OC(=O)[C@H](C)NP(=O)(OC[C@@]1(C(F)F)O[C@@H](n2cnc3c(=O)[nH]c(N)nc32)[C@@H](O)[C@@H]1O)Oc1ccccc1. The van der Waals surface area contributed by atoms with E-state index in [9.17, 15) is 33.1 Å². The molecule has 4 rings (SSSR count). The molecule has 18 heteroatoms. The summed E-state index contributed by atoms with van der Waals surface area (Å²) in [6.45, 7) is 3.20. The van der Waals surface area contributed by atoms with E-state index in [0.29, 0.717) is 0 Å². The third-order valence-corrected chi connectivity index (χ3v) is 7.66. The summed E-state index contributed by atoms with van der Waals surface area (Å²) >= 11 is 0. The first kappa shape index (κ1) is 30.5. The fraction of sp³-hybridized carbons (Fsp3) is 0.478. The van der Waals surface area contributed by atoms with Crippen LogP contribution in [-0.2, 0) is 23.4 Å². The molecule has 0 saturated carbocycles. The van der Waals surface area contributed by atoms with Crippen molar-refractivity contribution in [1.29, 1.82) is 0 Å². The summed E-state index contributed by atoms with van der Waals surface area (Å²) in [5.41, 5.74) is 1.42. The molecule has 15 nitrogen and oxygen atoms in total. The summed E-state index contributed by atoms with van der Waals surface area (Å²) in [5, 5.41) is 23.9. The molecule has 2 aromatic heterocycles. The minimum Gasteiger partial charge on any atom is -0.462 e. The molecule has 1 aliphatic heterocycles. The van der Waals surface area contributed by atoms with Gasteiger partial charge < -0.3 is 29.9 Å². The van der Waals surface area contributed by atoms with Gasteiger partial charge in [0.2, 0.25) is 5.95 Å². The van der Waals surface area contributed by atoms with Crippen molar-refractivity contribution >= 4 is 30.8 Å². The second-order valence-corrected chi connectivity index (χ2v) is 11.2. The first-order valence-electron chi connectivity index (χ1n) is 12.3. The number of halogens is 2. The number of aromatic amines is 1. The average molecular weight is 602 g/mol. The van der Waals surface area contributed by atoms with Crippen LogP contribution in [0.3, 0.4) is 0 Å². The van der Waals surface area contributed by atoms with Gasteiger partial charge in [-0.05, 0) is 32.9 Å². The maximum Gasteiger partial charge on any atom is 0.459 e. The summed E-state index contributed by atoms with van der Waals surface area (Å²) in [4.78, 5) is 34.5. The number of carbonyl (C=O) groups excluding carboxylic acids is 1. The standard InChI is InChI=1S/C23H29F2N6O9P/c1-11(2)38-20(35)12(3)30-41(36,40-13-7-5-4-6-8-13)37-9-23(21(24)25)16(33)15(32)19(39-23)31-10-27-14-17(31)28-22(26)29-18(14)34/h4-8,10-12,15-16,19,21,32-33H,9H2,1-3H3,(H,30,36)(H3,26,28,29,34)/t12-,15-,16-,19+,23+,41?/m0/s1. The van der Waals surface area contributed by atoms with Crippen molar-refractivity contribution < 1.29 is 46.9 Å². The lowest BCUT2D eigenvalue weighted by atomic mass is 9.96. The lowest BCUT2D eigenvalue weighted by molar-refractivity contribution is -0.191. The zero-order chi connectivity index (χ0) is 30.1. The van der Waals surface area contributed by atoms with E-state index in [4.69, 9.17) is 24.3 Å². The van der Waals surface area contributed by atoms with Gasteiger partial charge >= 0.3 is 13.7 Å². The van der Waals surface area contributed by atoms with Crippen LogP contribution in [0.2, 0.25) is 0 Å². The number of hydrogen-bond donors (Lipinski definition) is 5. The Hall–Kier alpha value is -3.47. The molecule has 0 aliphatic carbocycles. The predicted octanol–water partition coefficient (Wildman–Crippen LogP) is 1.09. The highest BCUT2D eigenvalue weighted by atomic mass is 31.2. The number of carbonyl (C=O) groups is 1. The number of alkyl halides is 2. The van der Waals surface area contributed by atoms with Gasteiger partial charge in [-0.1, -0.05) is 18.2 Å². The van der Waals surface area contributed by atoms with E-state index in [1.54, 1.807) is 32.0 Å². The Morgan fingerprint density at radius 3 is 2.61 bits per heavy atom. The highest BCUT2D eigenvalue weighted by Gasteiger charge is 2.61. The quantitative estimate of drug-likeness (QED) is 0.154. The Kier molecular flexibility index (Phi) is 8.77. The smallest absolute Gasteiger partial charge is 0.459 e. The zero-order valence-electron chi connectivity index (χ0n) is 22.0. The van der Waals surface area contributed by atoms with Gasteiger partial charge in [0.25, 0.3) is 12.0 Å². The van der Waals surface area contributed by atoms with Gasteiger partial charge in [-0.2, -0.15) is 10.1 Å². The molecule has 6 N–H and O–H groups in total. The number of nitrogens with zero attached hydrogens (tertiary/aromatic N) is 3. The van der Waals surface area contributed by atoms with Gasteiger partial charge in [0.1, 0.15) is 24.0 Å². The van der Waals surface area contributed by atoms with Crippen LogP contribution in [0.15, 0.2) is 41.5 Å². The van der Waals surface area contributed by atoms with Gasteiger partial charge in [-0.3, -0.25) is 23.7 Å². The van der Waals surface area contributed by atoms with Gasteiger partial charge in [0.05, 0.1) is 19.0 Å². The Bertz CT molecular complexity index is 1490. The van der Waals surface area contributed by atoms with E-state index in [0.717, 1.165) is 10.9 Å². The maximum atomic E-state index is 14.6. The second kappa shape index (κ2) is 11.8. The number of para-hydroxylation sites is 1. The molecule has 3 heterocycles. The van der Waals surface area contributed by atoms with Gasteiger partial charge in [0.15, 0.2) is 23.0 Å². The molecule has 1 aromatic carbocycles. The number of imidazole rings is 1. The molecule has 6 atom stereocenters. The number of rotatable bonds is 11. The highest BCUT2D eigenvalue weighted by Crippen LogP contribution is 2.49. The Labute approximate surface area is 231 Å². The van der Waals surface area contributed by atoms with Crippen LogP contribution in [0.5, 0.6) is 5.75 Å². The number of anilines is 1. The number of aromatic nitrogens is 4. The van der Waals surface area contributed by atoms with Crippen LogP contribution < -0.4 is 20.9 Å². The van der Waals surface area contributed by atoms with E-state index in [1.807, 2.05) is 0 Å². The van der Waals surface area contributed by atoms with E-state index in [1.165, 1.54) is 19.1 Å². The fourth-order valence-corrected chi connectivity index (χ4v) is 5.57. The average Bonchev–Trinajstić information content (AvgIpc) is 3.42. The molecule has 3 aromatic rings. The van der Waals surface area contributed by atoms with Crippen LogP contribution in [0.25, 0.3) is 11.2 Å². The van der Waals surface area contributed by atoms with Crippen molar-refractivity contribution in [2.24, 2.45) is 0 Å². The normalized spacial score (nSPS) is 25.0. The lowest BCUT2D eigenvalue weighted by Gasteiger charge is -2.32. The third kappa shape index (κ3) is 6.24. The first-order valence-corrected chi connectivity index (χ1v) is 13.8. The molecule has 0 amide bonds. The number of ether oxygens (including phenoxy) is 2. The number of aliphatic hydroxyl groups excluding tert-OH is 2. The van der Waals surface area contributed by atoms with Crippen LogP contribution in [0.1, 0.15) is 27.0 Å². The molecule has 1 saturated heterocycles. The van der Waals surface area contributed by atoms with Crippen molar-refractivity contribution in [3.8, 4) is 5.75 Å². The van der Waals surface area contributed by atoms with Crippen LogP contribution >= 0.6 is 7.75 Å². The summed E-state index contributed by atoms with van der Waals surface area (Å²) in [5.74, 6) is -1.15. The van der Waals surface area contributed by atoms with Crippen molar-refractivity contribution in [3.63, 3.8) is 0 Å². The Morgan fingerprint density at radius 2 is 1.98 bits per heavy atom. The van der Waals surface area contributed by atoms with Crippen molar-refractivity contribution in [1.82, 2.24) is 24.6 Å². The number of aliphatic hydroxyl groups is 2. The van der Waals surface area contributed by atoms with E-state index < -0.39 is 68.5 Å². The highest BCUT2D eigenvalue weighted by molar-refractivity contribution is 7.52. The Morgan fingerprint density at radius 1 is 1.29 bits per heavy atom. The molecule has 0 bridgehead atoms. The molecule has 1 aliphatic rings. The third-order valence-electron chi connectivity index (χ3n) is 6.04. The number of fused-ring (bicyclic) bond motifs is 1. The summed E-state index contributed by atoms with van der Waals surface area (Å²) in [7, 11) is -4.66. The molecule has 0 radical (unpaired) electrons. The number of esters is 1. The predicted molar refractivity (Wildman–Crippen MR) is 138 cm³/mol. The topological polar surface area (TPSA) is 213 Å². The maximum absolute atomic E-state index is 14.6. The lowest BCUT2D eigenvalue weighted by Crippen LogP contribution is -2.53. The monoisotopic (exact) mass is 602 g/mol. The second-order valence-electron chi connectivity index (χ2n) is 9.49. The van der Waals surface area contributed by atoms with Crippen molar-refractivity contribution in [2.45, 2.75) is 63.4 Å². The van der Waals surface area contributed by atoms with Crippen molar-refractivity contribution in [3.05, 3.63) is 47.0 Å². The molecular weight excluding hydrogens is 573 g/mol. The number of nitrogens with one attached hydrogen (secondary N) is 2. The molecule has 0 spiro atoms.